The Morgan fingerprint density at radius 1 is 1.35 bits per heavy atom. The Kier molecular flexibility index (Phi) is 5.93. The highest BCUT2D eigenvalue weighted by Gasteiger charge is 2.27. The van der Waals surface area contributed by atoms with Crippen LogP contribution >= 0.6 is 0 Å². The zero-order valence-electron chi connectivity index (χ0n) is 15.8. The lowest BCUT2D eigenvalue weighted by Crippen LogP contribution is -2.42. The van der Waals surface area contributed by atoms with E-state index in [4.69, 9.17) is 4.98 Å². The third-order valence-corrected chi connectivity index (χ3v) is 4.95. The van der Waals surface area contributed by atoms with Crippen molar-refractivity contribution < 1.29 is 4.79 Å². The molecule has 6 heteroatoms. The van der Waals surface area contributed by atoms with Gasteiger partial charge in [-0.3, -0.25) is 4.79 Å². The number of allylic oxidation sites excluding steroid dienone is 1. The number of para-hydroxylation sites is 2. The average Bonchev–Trinajstić information content (AvgIpc) is 3.00. The van der Waals surface area contributed by atoms with Crippen molar-refractivity contribution in [3.63, 3.8) is 0 Å². The van der Waals surface area contributed by atoms with Crippen molar-refractivity contribution in [3.8, 4) is 0 Å². The van der Waals surface area contributed by atoms with Gasteiger partial charge in [-0.1, -0.05) is 18.2 Å². The summed E-state index contributed by atoms with van der Waals surface area (Å²) in [5.74, 6) is 1.27. The maximum atomic E-state index is 12.4. The molecule has 1 aromatic heterocycles. The summed E-state index contributed by atoms with van der Waals surface area (Å²) in [5, 5.41) is 3.06. The summed E-state index contributed by atoms with van der Waals surface area (Å²) in [7, 11) is 4.03. The second-order valence-corrected chi connectivity index (χ2v) is 7.16. The molecule has 0 atom stereocenters. The second kappa shape index (κ2) is 8.36. The molecule has 0 spiro atoms. The van der Waals surface area contributed by atoms with Gasteiger partial charge in [0.2, 0.25) is 11.9 Å². The fourth-order valence-corrected chi connectivity index (χ4v) is 3.50. The molecule has 3 rings (SSSR count). The fourth-order valence-electron chi connectivity index (χ4n) is 3.50. The number of carbonyl (C=O) groups excluding carboxylic acids is 1. The van der Waals surface area contributed by atoms with E-state index in [0.29, 0.717) is 6.54 Å². The highest BCUT2D eigenvalue weighted by atomic mass is 16.1. The predicted molar refractivity (Wildman–Crippen MR) is 106 cm³/mol. The van der Waals surface area contributed by atoms with Crippen LogP contribution in [0.25, 0.3) is 11.0 Å². The normalized spacial score (nSPS) is 15.6. The molecule has 0 unspecified atom stereocenters. The number of carbonyl (C=O) groups is 1. The molecule has 0 bridgehead atoms. The van der Waals surface area contributed by atoms with Gasteiger partial charge in [-0.05, 0) is 39.1 Å². The number of rotatable bonds is 7. The number of hydrogen-bond acceptors (Lipinski definition) is 4. The van der Waals surface area contributed by atoms with Gasteiger partial charge >= 0.3 is 0 Å². The van der Waals surface area contributed by atoms with Crippen LogP contribution < -0.4 is 10.2 Å². The van der Waals surface area contributed by atoms with Crippen LogP contribution in [0.1, 0.15) is 12.8 Å². The number of anilines is 1. The zero-order valence-corrected chi connectivity index (χ0v) is 15.8. The maximum Gasteiger partial charge on any atom is 0.223 e. The van der Waals surface area contributed by atoms with E-state index in [0.717, 1.165) is 56.0 Å². The molecule has 2 heterocycles. The first-order chi connectivity index (χ1) is 12.6. The number of amides is 1. The monoisotopic (exact) mass is 355 g/mol. The Bertz CT molecular complexity index is 759. The van der Waals surface area contributed by atoms with Gasteiger partial charge in [-0.2, -0.15) is 0 Å². The van der Waals surface area contributed by atoms with Gasteiger partial charge in [0.05, 0.1) is 11.0 Å². The lowest BCUT2D eigenvalue weighted by atomic mass is 9.96. The van der Waals surface area contributed by atoms with Crippen molar-refractivity contribution in [1.29, 1.82) is 0 Å². The molecule has 140 valence electrons. The Hall–Kier alpha value is -2.34. The summed E-state index contributed by atoms with van der Waals surface area (Å²) in [6.07, 6.45) is 3.64. The highest BCUT2D eigenvalue weighted by Crippen LogP contribution is 2.27. The quantitative estimate of drug-likeness (QED) is 0.773. The number of nitrogens with one attached hydrogen (secondary N) is 1. The minimum absolute atomic E-state index is 0.102. The summed E-state index contributed by atoms with van der Waals surface area (Å²) < 4.78 is 2.21. The molecular weight excluding hydrogens is 326 g/mol. The minimum Gasteiger partial charge on any atom is -0.355 e. The van der Waals surface area contributed by atoms with Gasteiger partial charge in [-0.25, -0.2) is 4.98 Å². The third kappa shape index (κ3) is 4.07. The van der Waals surface area contributed by atoms with Crippen molar-refractivity contribution in [1.82, 2.24) is 19.8 Å². The lowest BCUT2D eigenvalue weighted by molar-refractivity contribution is -0.125. The van der Waals surface area contributed by atoms with Gasteiger partial charge in [-0.15, -0.1) is 6.58 Å². The predicted octanol–water partition coefficient (Wildman–Crippen LogP) is 2.12. The van der Waals surface area contributed by atoms with Crippen LogP contribution in [-0.2, 0) is 11.3 Å². The van der Waals surface area contributed by atoms with Crippen LogP contribution in [0.5, 0.6) is 0 Å². The van der Waals surface area contributed by atoms with Crippen LogP contribution in [0.2, 0.25) is 0 Å². The van der Waals surface area contributed by atoms with E-state index < -0.39 is 0 Å². The maximum absolute atomic E-state index is 12.4. The Balaban J connectivity index is 1.65. The number of benzene rings is 1. The molecule has 1 fully saturated rings. The molecule has 1 N–H and O–H groups in total. The van der Waals surface area contributed by atoms with E-state index in [1.54, 1.807) is 0 Å². The van der Waals surface area contributed by atoms with Crippen LogP contribution in [0.15, 0.2) is 36.9 Å². The molecule has 6 nitrogen and oxygen atoms in total. The fraction of sp³-hybridized carbons (Fsp3) is 0.500. The standard InChI is InChI=1S/C20H29N5O/c1-4-12-25-18-8-6-5-7-17(18)22-20(25)24-13-9-16(10-14-24)19(26)21-11-15-23(2)3/h4-8,16H,1,9-15H2,2-3H3,(H,21,26). The topological polar surface area (TPSA) is 53.4 Å². The molecule has 1 aromatic carbocycles. The van der Waals surface area contributed by atoms with Crippen LogP contribution in [-0.4, -0.2) is 60.6 Å². The summed E-state index contributed by atoms with van der Waals surface area (Å²) in [6.45, 7) is 7.91. The van der Waals surface area contributed by atoms with Crippen molar-refractivity contribution in [2.24, 2.45) is 5.92 Å². The first kappa shape index (κ1) is 18.5. The molecule has 2 aromatic rings. The van der Waals surface area contributed by atoms with E-state index in [1.165, 1.54) is 0 Å². The van der Waals surface area contributed by atoms with Gasteiger partial charge in [0.1, 0.15) is 0 Å². The van der Waals surface area contributed by atoms with Crippen molar-refractivity contribution in [2.75, 3.05) is 45.2 Å². The highest BCUT2D eigenvalue weighted by molar-refractivity contribution is 5.80. The van der Waals surface area contributed by atoms with Crippen molar-refractivity contribution in [2.45, 2.75) is 19.4 Å². The molecule has 1 saturated heterocycles. The Morgan fingerprint density at radius 3 is 2.77 bits per heavy atom. The number of fused-ring (bicyclic) bond motifs is 1. The van der Waals surface area contributed by atoms with Crippen molar-refractivity contribution >= 4 is 22.9 Å². The molecule has 1 amide bonds. The molecule has 1 aliphatic rings. The largest absolute Gasteiger partial charge is 0.355 e. The van der Waals surface area contributed by atoms with Gasteiger partial charge in [0.15, 0.2) is 0 Å². The zero-order chi connectivity index (χ0) is 18.5. The molecular formula is C20H29N5O. The number of piperidine rings is 1. The third-order valence-electron chi connectivity index (χ3n) is 4.95. The smallest absolute Gasteiger partial charge is 0.223 e. The van der Waals surface area contributed by atoms with E-state index in [-0.39, 0.29) is 11.8 Å². The number of nitrogens with zero attached hydrogens (tertiary/aromatic N) is 4. The van der Waals surface area contributed by atoms with Gasteiger partial charge in [0.25, 0.3) is 0 Å². The Labute approximate surface area is 155 Å². The van der Waals surface area contributed by atoms with Crippen LogP contribution in [0, 0.1) is 5.92 Å². The minimum atomic E-state index is 0.102. The SMILES string of the molecule is C=CCn1c(N2CCC(C(=O)NCCN(C)C)CC2)nc2ccccc21. The first-order valence-corrected chi connectivity index (χ1v) is 9.33. The number of likely N-dealkylation sites (N-methyl/N-ethyl adjacent to an activating group) is 1. The van der Waals surface area contributed by atoms with E-state index in [9.17, 15) is 4.79 Å². The lowest BCUT2D eigenvalue weighted by Gasteiger charge is -2.32. The second-order valence-electron chi connectivity index (χ2n) is 7.16. The number of hydrogen-bond donors (Lipinski definition) is 1. The molecule has 1 aliphatic heterocycles. The molecule has 0 saturated carbocycles. The van der Waals surface area contributed by atoms with E-state index in [2.05, 4.69) is 32.3 Å². The first-order valence-electron chi connectivity index (χ1n) is 9.33. The average molecular weight is 355 g/mol. The molecule has 0 radical (unpaired) electrons. The van der Waals surface area contributed by atoms with Gasteiger partial charge < -0.3 is 19.7 Å². The number of imidazole rings is 1. The Morgan fingerprint density at radius 2 is 2.08 bits per heavy atom. The van der Waals surface area contributed by atoms with E-state index >= 15 is 0 Å². The van der Waals surface area contributed by atoms with Gasteiger partial charge in [0, 0.05) is 38.6 Å². The summed E-state index contributed by atoms with van der Waals surface area (Å²) in [5.41, 5.74) is 2.14. The summed E-state index contributed by atoms with van der Waals surface area (Å²) in [4.78, 5) is 21.6. The molecule has 0 aliphatic carbocycles. The number of aromatic nitrogens is 2. The van der Waals surface area contributed by atoms with Crippen LogP contribution in [0.4, 0.5) is 5.95 Å². The van der Waals surface area contributed by atoms with Crippen molar-refractivity contribution in [3.05, 3.63) is 36.9 Å². The summed E-state index contributed by atoms with van der Waals surface area (Å²) in [6, 6.07) is 8.20. The summed E-state index contributed by atoms with van der Waals surface area (Å²) >= 11 is 0. The van der Waals surface area contributed by atoms with E-state index in [1.807, 2.05) is 38.4 Å². The van der Waals surface area contributed by atoms with Crippen LogP contribution in [0.3, 0.4) is 0 Å². The molecule has 26 heavy (non-hydrogen) atoms.